The summed E-state index contributed by atoms with van der Waals surface area (Å²) in [4.78, 5) is 11.9. The van der Waals surface area contributed by atoms with Gasteiger partial charge in [-0.3, -0.25) is 4.79 Å². The summed E-state index contributed by atoms with van der Waals surface area (Å²) < 4.78 is 17.9. The molecule has 0 amide bonds. The molecule has 5 nitrogen and oxygen atoms in total. The zero-order valence-corrected chi connectivity index (χ0v) is 20.6. The zero-order chi connectivity index (χ0) is 23.0. The van der Waals surface area contributed by atoms with Crippen LogP contribution in [0.2, 0.25) is 0 Å². The highest BCUT2D eigenvalue weighted by molar-refractivity contribution is 9.10. The molecule has 0 aliphatic rings. The summed E-state index contributed by atoms with van der Waals surface area (Å²) in [5, 5.41) is 9.80. The van der Waals surface area contributed by atoms with Crippen molar-refractivity contribution in [1.82, 2.24) is 0 Å². The number of ether oxygens (including phenoxy) is 3. The van der Waals surface area contributed by atoms with E-state index in [1.54, 1.807) is 7.11 Å². The highest BCUT2D eigenvalue weighted by atomic mass is 79.9. The van der Waals surface area contributed by atoms with Gasteiger partial charge in [-0.1, -0.05) is 35.0 Å². The average Bonchev–Trinajstić information content (AvgIpc) is 2.73. The van der Waals surface area contributed by atoms with Crippen molar-refractivity contribution in [2.75, 3.05) is 7.11 Å². The summed E-state index contributed by atoms with van der Waals surface area (Å²) in [5.41, 5.74) is 1.99. The van der Waals surface area contributed by atoms with Crippen LogP contribution >= 0.6 is 15.9 Å². The van der Waals surface area contributed by atoms with Crippen LogP contribution in [0.4, 0.5) is 0 Å². The third-order valence-corrected chi connectivity index (χ3v) is 5.87. The molecule has 0 spiro atoms. The van der Waals surface area contributed by atoms with Gasteiger partial charge in [0, 0.05) is 4.47 Å². The van der Waals surface area contributed by atoms with E-state index in [9.17, 15) is 9.90 Å². The topological polar surface area (TPSA) is 65.0 Å². The molecule has 31 heavy (non-hydrogen) atoms. The summed E-state index contributed by atoms with van der Waals surface area (Å²) in [5.74, 6) is 0.777. The Morgan fingerprint density at radius 1 is 1.06 bits per heavy atom. The third kappa shape index (κ3) is 7.76. The van der Waals surface area contributed by atoms with Crippen molar-refractivity contribution in [2.45, 2.75) is 65.6 Å². The van der Waals surface area contributed by atoms with E-state index in [-0.39, 0.29) is 12.2 Å². The lowest BCUT2D eigenvalue weighted by Crippen LogP contribution is -2.18. The number of methoxy groups -OCH3 is 1. The lowest BCUT2D eigenvalue weighted by Gasteiger charge is -2.18. The second-order valence-corrected chi connectivity index (χ2v) is 8.87. The van der Waals surface area contributed by atoms with Crippen LogP contribution in [0.3, 0.4) is 0 Å². The van der Waals surface area contributed by atoms with E-state index < -0.39 is 11.9 Å². The smallest absolute Gasteiger partial charge is 0.306 e. The second-order valence-electron chi connectivity index (χ2n) is 8.02. The Bertz CT molecular complexity index is 848. The maximum Gasteiger partial charge on any atom is 0.306 e. The van der Waals surface area contributed by atoms with E-state index in [0.717, 1.165) is 27.8 Å². The van der Waals surface area contributed by atoms with Gasteiger partial charge in [0.25, 0.3) is 0 Å². The summed E-state index contributed by atoms with van der Waals surface area (Å²) in [6, 6.07) is 11.6. The lowest BCUT2D eigenvalue weighted by atomic mass is 9.92. The van der Waals surface area contributed by atoms with Crippen LogP contribution in [0.1, 0.15) is 51.7 Å². The van der Waals surface area contributed by atoms with Crippen molar-refractivity contribution in [2.24, 2.45) is 5.92 Å². The average molecular weight is 493 g/mol. The van der Waals surface area contributed by atoms with Crippen LogP contribution in [0, 0.1) is 5.92 Å². The van der Waals surface area contributed by atoms with E-state index in [2.05, 4.69) is 22.9 Å². The molecule has 0 aliphatic carbocycles. The van der Waals surface area contributed by atoms with E-state index in [1.807, 2.05) is 57.2 Å². The number of carboxylic acids is 1. The monoisotopic (exact) mass is 492 g/mol. The maximum atomic E-state index is 11.9. The Labute approximate surface area is 193 Å². The summed E-state index contributed by atoms with van der Waals surface area (Å²) in [7, 11) is 1.59. The van der Waals surface area contributed by atoms with Crippen molar-refractivity contribution >= 4 is 21.9 Å². The van der Waals surface area contributed by atoms with Gasteiger partial charge < -0.3 is 19.3 Å². The second kappa shape index (κ2) is 12.0. The number of benzene rings is 2. The molecule has 2 unspecified atom stereocenters. The molecule has 6 heteroatoms. The van der Waals surface area contributed by atoms with Gasteiger partial charge in [0.05, 0.1) is 25.2 Å². The van der Waals surface area contributed by atoms with Crippen LogP contribution in [0.15, 0.2) is 40.9 Å². The molecule has 170 valence electrons. The van der Waals surface area contributed by atoms with Gasteiger partial charge in [0.2, 0.25) is 0 Å². The first-order chi connectivity index (χ1) is 14.7. The zero-order valence-electron chi connectivity index (χ0n) is 19.0. The minimum absolute atomic E-state index is 0.00883. The fraction of sp³-hybridized carbons (Fsp3) is 0.480. The van der Waals surface area contributed by atoms with Gasteiger partial charge in [0.1, 0.15) is 5.75 Å². The van der Waals surface area contributed by atoms with Crippen molar-refractivity contribution in [1.29, 1.82) is 0 Å². The molecule has 0 fully saturated rings. The molecule has 0 radical (unpaired) electrons. The predicted octanol–water partition coefficient (Wildman–Crippen LogP) is 6.30. The van der Waals surface area contributed by atoms with Gasteiger partial charge in [-0.15, -0.1) is 0 Å². The minimum Gasteiger partial charge on any atom is -0.493 e. The minimum atomic E-state index is -0.800. The third-order valence-electron chi connectivity index (χ3n) is 5.13. The van der Waals surface area contributed by atoms with Crippen LogP contribution in [0.5, 0.6) is 17.2 Å². The highest BCUT2D eigenvalue weighted by Gasteiger charge is 2.21. The molecule has 0 saturated heterocycles. The number of hydrogen-bond donors (Lipinski definition) is 1. The summed E-state index contributed by atoms with van der Waals surface area (Å²) >= 11 is 3.55. The van der Waals surface area contributed by atoms with E-state index >= 15 is 0 Å². The molecule has 0 aromatic heterocycles. The number of carboxylic acid groups (broad SMARTS) is 1. The number of aliphatic carboxylic acids is 1. The Morgan fingerprint density at radius 2 is 1.74 bits per heavy atom. The molecule has 2 atom stereocenters. The van der Waals surface area contributed by atoms with Crippen LogP contribution in [-0.2, 0) is 17.6 Å². The molecule has 0 bridgehead atoms. The molecule has 0 saturated carbocycles. The number of rotatable bonds is 12. The summed E-state index contributed by atoms with van der Waals surface area (Å²) in [6.07, 6.45) is 2.75. The molecular weight excluding hydrogens is 460 g/mol. The number of hydrogen-bond acceptors (Lipinski definition) is 4. The first kappa shape index (κ1) is 25.1. The molecular formula is C25H33BrO5. The molecule has 2 rings (SSSR count). The molecule has 0 aliphatic heterocycles. The molecule has 2 aromatic carbocycles. The van der Waals surface area contributed by atoms with Gasteiger partial charge in [-0.25, -0.2) is 0 Å². The van der Waals surface area contributed by atoms with Gasteiger partial charge in [0.15, 0.2) is 11.5 Å². The Morgan fingerprint density at radius 3 is 2.29 bits per heavy atom. The highest BCUT2D eigenvalue weighted by Crippen LogP contribution is 2.35. The van der Waals surface area contributed by atoms with Gasteiger partial charge >= 0.3 is 5.97 Å². The standard InChI is InChI=1S/C25H33BrO5/c1-6-17(4)31-21-11-8-18(9-12-21)7-10-19(25(27)28)13-20-14-24(30-16(2)3)23(29-5)15-22(20)26/h8-9,11-12,14-17,19H,6-7,10,13H2,1-5H3,(H,27,28). The molecule has 0 heterocycles. The molecule has 1 N–H and O–H groups in total. The van der Waals surface area contributed by atoms with Crippen LogP contribution < -0.4 is 14.2 Å². The maximum absolute atomic E-state index is 11.9. The summed E-state index contributed by atoms with van der Waals surface area (Å²) in [6.45, 7) is 8.02. The van der Waals surface area contributed by atoms with E-state index in [4.69, 9.17) is 14.2 Å². The lowest BCUT2D eigenvalue weighted by molar-refractivity contribution is -0.141. The normalized spacial score (nSPS) is 13.0. The fourth-order valence-electron chi connectivity index (χ4n) is 3.21. The van der Waals surface area contributed by atoms with Gasteiger partial charge in [-0.05, 0) is 81.8 Å². The Balaban J connectivity index is 2.09. The SMILES string of the molecule is CCC(C)Oc1ccc(CCC(Cc2cc(OC(C)C)c(OC)cc2Br)C(=O)O)cc1. The van der Waals surface area contributed by atoms with E-state index in [1.165, 1.54) is 0 Å². The largest absolute Gasteiger partial charge is 0.493 e. The van der Waals surface area contributed by atoms with Gasteiger partial charge in [-0.2, -0.15) is 0 Å². The number of halogens is 1. The Hall–Kier alpha value is -2.21. The van der Waals surface area contributed by atoms with Crippen molar-refractivity contribution in [3.05, 3.63) is 52.0 Å². The fourth-order valence-corrected chi connectivity index (χ4v) is 3.69. The first-order valence-electron chi connectivity index (χ1n) is 10.7. The van der Waals surface area contributed by atoms with E-state index in [0.29, 0.717) is 30.8 Å². The van der Waals surface area contributed by atoms with Crippen molar-refractivity contribution < 1.29 is 24.1 Å². The van der Waals surface area contributed by atoms with Crippen molar-refractivity contribution in [3.63, 3.8) is 0 Å². The molecule has 2 aromatic rings. The van der Waals surface area contributed by atoms with Crippen LogP contribution in [-0.4, -0.2) is 30.4 Å². The number of aryl methyl sites for hydroxylation is 1. The van der Waals surface area contributed by atoms with Crippen LogP contribution in [0.25, 0.3) is 0 Å². The first-order valence-corrected chi connectivity index (χ1v) is 11.5. The number of carbonyl (C=O) groups is 1. The van der Waals surface area contributed by atoms with Crippen molar-refractivity contribution in [3.8, 4) is 17.2 Å². The Kier molecular flexibility index (Phi) is 9.69. The quantitative estimate of drug-likeness (QED) is 0.376. The predicted molar refractivity (Wildman–Crippen MR) is 126 cm³/mol.